The molecule has 1 atom stereocenters. The number of nitrogens with one attached hydrogen (secondary N) is 1. The van der Waals surface area contributed by atoms with Gasteiger partial charge in [0.05, 0.1) is 12.8 Å². The standard InChI is InChI=1S/C19H22BrFN2O3S/c1-23(2)13-5-6-14-15(11-13)18(26-3)8-7-17(14)22-27(24,25)19-9-4-12(20)10-16(19)21/h4,7-10,13,22H,5-6,11H2,1-3H3. The third-order valence-electron chi connectivity index (χ3n) is 4.93. The molecule has 0 heterocycles. The summed E-state index contributed by atoms with van der Waals surface area (Å²) in [6, 6.07) is 7.69. The van der Waals surface area contributed by atoms with E-state index in [4.69, 9.17) is 4.74 Å². The molecule has 0 aliphatic heterocycles. The summed E-state index contributed by atoms with van der Waals surface area (Å²) in [6.07, 6.45) is 2.40. The van der Waals surface area contributed by atoms with Gasteiger partial charge in [0, 0.05) is 16.1 Å². The van der Waals surface area contributed by atoms with E-state index in [1.54, 1.807) is 19.2 Å². The number of benzene rings is 2. The summed E-state index contributed by atoms with van der Waals surface area (Å²) in [4.78, 5) is 1.79. The van der Waals surface area contributed by atoms with Crippen molar-refractivity contribution in [3.05, 3.63) is 51.7 Å². The van der Waals surface area contributed by atoms with Crippen LogP contribution in [0.15, 0.2) is 39.7 Å². The number of ether oxygens (including phenoxy) is 1. The minimum Gasteiger partial charge on any atom is -0.496 e. The quantitative estimate of drug-likeness (QED) is 0.742. The van der Waals surface area contributed by atoms with Gasteiger partial charge in [-0.3, -0.25) is 4.72 Å². The Hall–Kier alpha value is -1.64. The van der Waals surface area contributed by atoms with Crippen molar-refractivity contribution in [2.24, 2.45) is 0 Å². The molecule has 0 bridgehead atoms. The largest absolute Gasteiger partial charge is 0.496 e. The van der Waals surface area contributed by atoms with Gasteiger partial charge in [-0.1, -0.05) is 15.9 Å². The zero-order chi connectivity index (χ0) is 19.8. The highest BCUT2D eigenvalue weighted by atomic mass is 79.9. The van der Waals surface area contributed by atoms with E-state index in [0.717, 1.165) is 42.2 Å². The van der Waals surface area contributed by atoms with Gasteiger partial charge in [0.2, 0.25) is 0 Å². The lowest BCUT2D eigenvalue weighted by atomic mass is 9.86. The normalized spacial score (nSPS) is 16.9. The molecular weight excluding hydrogens is 435 g/mol. The number of nitrogens with zero attached hydrogens (tertiary/aromatic N) is 1. The predicted molar refractivity (Wildman–Crippen MR) is 107 cm³/mol. The molecule has 2 aromatic rings. The monoisotopic (exact) mass is 456 g/mol. The lowest BCUT2D eigenvalue weighted by Crippen LogP contribution is -2.34. The molecule has 0 radical (unpaired) electrons. The molecule has 0 aromatic heterocycles. The number of fused-ring (bicyclic) bond motifs is 1. The second-order valence-corrected chi connectivity index (χ2v) is 9.38. The molecule has 0 fully saturated rings. The molecule has 27 heavy (non-hydrogen) atoms. The van der Waals surface area contributed by atoms with Crippen LogP contribution in [0.1, 0.15) is 17.5 Å². The Morgan fingerprint density at radius 3 is 2.59 bits per heavy atom. The summed E-state index contributed by atoms with van der Waals surface area (Å²) in [5.41, 5.74) is 2.39. The fourth-order valence-electron chi connectivity index (χ4n) is 3.45. The molecule has 1 aliphatic carbocycles. The fourth-order valence-corrected chi connectivity index (χ4v) is 4.94. The average Bonchev–Trinajstić information content (AvgIpc) is 2.60. The Labute approximate surface area is 167 Å². The second-order valence-electron chi connectivity index (χ2n) is 6.81. The van der Waals surface area contributed by atoms with Gasteiger partial charge in [-0.05, 0) is 69.3 Å². The molecule has 1 aliphatic rings. The van der Waals surface area contributed by atoms with Crippen LogP contribution < -0.4 is 9.46 Å². The van der Waals surface area contributed by atoms with Crippen LogP contribution in [0.4, 0.5) is 10.1 Å². The van der Waals surface area contributed by atoms with Crippen molar-refractivity contribution in [2.45, 2.75) is 30.2 Å². The van der Waals surface area contributed by atoms with Crippen molar-refractivity contribution < 1.29 is 17.5 Å². The molecule has 8 heteroatoms. The van der Waals surface area contributed by atoms with Gasteiger partial charge in [0.15, 0.2) is 0 Å². The fraction of sp³-hybridized carbons (Fsp3) is 0.368. The number of hydrogen-bond donors (Lipinski definition) is 1. The molecule has 146 valence electrons. The molecule has 5 nitrogen and oxygen atoms in total. The number of methoxy groups -OCH3 is 1. The average molecular weight is 457 g/mol. The van der Waals surface area contributed by atoms with Crippen LogP contribution in [-0.2, 0) is 22.9 Å². The van der Waals surface area contributed by atoms with Crippen LogP contribution >= 0.6 is 15.9 Å². The molecule has 0 saturated carbocycles. The third-order valence-corrected chi connectivity index (χ3v) is 6.83. The van der Waals surface area contributed by atoms with Gasteiger partial charge in [0.1, 0.15) is 16.5 Å². The summed E-state index contributed by atoms with van der Waals surface area (Å²) < 4.78 is 48.2. The third kappa shape index (κ3) is 4.12. The summed E-state index contributed by atoms with van der Waals surface area (Å²) in [5, 5.41) is 0. The zero-order valence-electron chi connectivity index (χ0n) is 15.4. The first-order chi connectivity index (χ1) is 12.7. The number of likely N-dealkylation sites (N-methyl/N-ethyl adjacent to an activating group) is 1. The predicted octanol–water partition coefficient (Wildman–Crippen LogP) is 3.82. The van der Waals surface area contributed by atoms with E-state index in [1.165, 1.54) is 12.1 Å². The van der Waals surface area contributed by atoms with Crippen molar-refractivity contribution in [2.75, 3.05) is 25.9 Å². The van der Waals surface area contributed by atoms with Gasteiger partial charge < -0.3 is 9.64 Å². The highest BCUT2D eigenvalue weighted by molar-refractivity contribution is 9.10. The Morgan fingerprint density at radius 2 is 1.96 bits per heavy atom. The first-order valence-electron chi connectivity index (χ1n) is 8.56. The first kappa shape index (κ1) is 20.1. The van der Waals surface area contributed by atoms with E-state index < -0.39 is 15.8 Å². The van der Waals surface area contributed by atoms with E-state index in [9.17, 15) is 12.8 Å². The van der Waals surface area contributed by atoms with Crippen molar-refractivity contribution in [3.8, 4) is 5.75 Å². The van der Waals surface area contributed by atoms with E-state index in [-0.39, 0.29) is 4.90 Å². The maximum atomic E-state index is 14.2. The lowest BCUT2D eigenvalue weighted by molar-refractivity contribution is 0.265. The maximum Gasteiger partial charge on any atom is 0.264 e. The molecule has 1 N–H and O–H groups in total. The van der Waals surface area contributed by atoms with Crippen LogP contribution in [0.25, 0.3) is 0 Å². The van der Waals surface area contributed by atoms with Crippen LogP contribution in [0, 0.1) is 5.82 Å². The highest BCUT2D eigenvalue weighted by Crippen LogP contribution is 2.37. The van der Waals surface area contributed by atoms with Gasteiger partial charge in [-0.2, -0.15) is 0 Å². The first-order valence-corrected chi connectivity index (χ1v) is 10.8. The summed E-state index contributed by atoms with van der Waals surface area (Å²) in [6.45, 7) is 0. The molecule has 0 amide bonds. The van der Waals surface area contributed by atoms with Gasteiger partial charge in [0.25, 0.3) is 10.0 Å². The molecule has 2 aromatic carbocycles. The number of anilines is 1. The number of sulfonamides is 1. The summed E-state index contributed by atoms with van der Waals surface area (Å²) >= 11 is 3.14. The summed E-state index contributed by atoms with van der Waals surface area (Å²) in [7, 11) is 1.63. The topological polar surface area (TPSA) is 58.6 Å². The molecule has 3 rings (SSSR count). The van der Waals surface area contributed by atoms with Gasteiger partial charge in [-0.25, -0.2) is 12.8 Å². The lowest BCUT2D eigenvalue weighted by Gasteiger charge is -2.32. The molecular formula is C19H22BrFN2O3S. The summed E-state index contributed by atoms with van der Waals surface area (Å²) in [5.74, 6) is -0.0544. The van der Waals surface area contributed by atoms with Gasteiger partial charge in [-0.15, -0.1) is 0 Å². The highest BCUT2D eigenvalue weighted by Gasteiger charge is 2.27. The Morgan fingerprint density at radius 1 is 1.22 bits per heavy atom. The SMILES string of the molecule is COc1ccc(NS(=O)(=O)c2ccc(Br)cc2F)c2c1CC(N(C)C)CC2. The van der Waals surface area contributed by atoms with E-state index in [0.29, 0.717) is 16.2 Å². The van der Waals surface area contributed by atoms with Crippen LogP contribution in [0.5, 0.6) is 5.75 Å². The van der Waals surface area contributed by atoms with Crippen LogP contribution in [-0.4, -0.2) is 40.6 Å². The van der Waals surface area contributed by atoms with Crippen molar-refractivity contribution in [1.29, 1.82) is 0 Å². The molecule has 0 saturated heterocycles. The van der Waals surface area contributed by atoms with Crippen molar-refractivity contribution in [3.63, 3.8) is 0 Å². The molecule has 1 unspecified atom stereocenters. The smallest absolute Gasteiger partial charge is 0.264 e. The Balaban J connectivity index is 2.00. The second kappa shape index (κ2) is 7.77. The minimum absolute atomic E-state index is 0.363. The minimum atomic E-state index is -4.04. The molecule has 0 spiro atoms. The van der Waals surface area contributed by atoms with Gasteiger partial charge >= 0.3 is 0 Å². The number of hydrogen-bond acceptors (Lipinski definition) is 4. The van der Waals surface area contributed by atoms with Crippen LogP contribution in [0.2, 0.25) is 0 Å². The Kier molecular flexibility index (Phi) is 5.79. The Bertz CT molecular complexity index is 964. The van der Waals surface area contributed by atoms with E-state index >= 15 is 0 Å². The van der Waals surface area contributed by atoms with Crippen molar-refractivity contribution in [1.82, 2.24) is 4.90 Å². The van der Waals surface area contributed by atoms with Crippen molar-refractivity contribution >= 4 is 31.6 Å². The zero-order valence-corrected chi connectivity index (χ0v) is 17.8. The van der Waals surface area contributed by atoms with E-state index in [1.807, 2.05) is 14.1 Å². The van der Waals surface area contributed by atoms with E-state index in [2.05, 4.69) is 25.6 Å². The maximum absolute atomic E-state index is 14.2. The number of rotatable bonds is 5. The number of halogens is 2. The van der Waals surface area contributed by atoms with Crippen LogP contribution in [0.3, 0.4) is 0 Å².